The molecule has 1 aliphatic rings. The maximum absolute atomic E-state index is 13.2. The molecule has 4 rings (SSSR count). The predicted molar refractivity (Wildman–Crippen MR) is 128 cm³/mol. The zero-order chi connectivity index (χ0) is 23.7. The van der Waals surface area contributed by atoms with Gasteiger partial charge in [0.1, 0.15) is 17.3 Å². The molecule has 8 heteroatoms. The van der Waals surface area contributed by atoms with Gasteiger partial charge in [0.25, 0.3) is 11.7 Å². The largest absolute Gasteiger partial charge is 0.507 e. The number of amides is 1. The highest BCUT2D eigenvalue weighted by molar-refractivity contribution is 7.09. The molecular formula is C25H22ClNO5S. The average molecular weight is 484 g/mol. The minimum absolute atomic E-state index is 0.00942. The minimum atomic E-state index is -0.765. The van der Waals surface area contributed by atoms with E-state index in [2.05, 4.69) is 0 Å². The number of aliphatic hydroxyl groups excluding tert-OH is 1. The topological polar surface area (TPSA) is 76.1 Å². The molecule has 1 N–H and O–H groups in total. The number of rotatable bonds is 6. The van der Waals surface area contributed by atoms with E-state index < -0.39 is 17.7 Å². The summed E-state index contributed by atoms with van der Waals surface area (Å²) in [6, 6.07) is 13.6. The van der Waals surface area contributed by atoms with Crippen LogP contribution in [0.25, 0.3) is 5.76 Å². The number of hydrogen-bond donors (Lipinski definition) is 1. The third kappa shape index (κ3) is 4.21. The van der Waals surface area contributed by atoms with Crippen LogP contribution in [-0.2, 0) is 16.1 Å². The molecule has 0 aliphatic carbocycles. The molecule has 1 unspecified atom stereocenters. The highest BCUT2D eigenvalue weighted by atomic mass is 35.5. The first-order valence-electron chi connectivity index (χ1n) is 10.1. The zero-order valence-corrected chi connectivity index (χ0v) is 19.9. The number of aryl methyl sites for hydroxylation is 1. The van der Waals surface area contributed by atoms with Crippen LogP contribution in [0, 0.1) is 6.92 Å². The molecule has 0 spiro atoms. The van der Waals surface area contributed by atoms with Gasteiger partial charge in [-0.05, 0) is 30.0 Å². The van der Waals surface area contributed by atoms with Crippen LogP contribution in [0.15, 0.2) is 59.5 Å². The third-order valence-corrected chi connectivity index (χ3v) is 6.69. The number of carbonyl (C=O) groups excluding carboxylic acids is 2. The van der Waals surface area contributed by atoms with Crippen LogP contribution >= 0.6 is 22.9 Å². The van der Waals surface area contributed by atoms with Gasteiger partial charge in [0.15, 0.2) is 0 Å². The molecule has 0 radical (unpaired) electrons. The fraction of sp³-hybridized carbons (Fsp3) is 0.200. The number of carbonyl (C=O) groups is 2. The Hall–Kier alpha value is -3.29. The maximum Gasteiger partial charge on any atom is 0.295 e. The first-order chi connectivity index (χ1) is 15.8. The fourth-order valence-corrected chi connectivity index (χ4v) is 4.92. The number of Topliss-reactive ketones (excluding diaryl/α,β-unsaturated/α-hetero) is 1. The van der Waals surface area contributed by atoms with E-state index in [0.717, 1.165) is 16.0 Å². The molecule has 1 amide bonds. The summed E-state index contributed by atoms with van der Waals surface area (Å²) in [5, 5.41) is 13.6. The fourth-order valence-electron chi connectivity index (χ4n) is 3.99. The lowest BCUT2D eigenvalue weighted by atomic mass is 9.94. The summed E-state index contributed by atoms with van der Waals surface area (Å²) in [6.45, 7) is 2.18. The van der Waals surface area contributed by atoms with Crippen molar-refractivity contribution in [1.29, 1.82) is 0 Å². The predicted octanol–water partition coefficient (Wildman–Crippen LogP) is 5.35. The van der Waals surface area contributed by atoms with Gasteiger partial charge in [-0.15, -0.1) is 11.3 Å². The SMILES string of the molecule is COc1cc(/C(O)=C2\C(=O)C(=O)N(Cc3cccs3)C2c2cccc(C)c2)c(OC)cc1Cl. The van der Waals surface area contributed by atoms with Crippen molar-refractivity contribution in [1.82, 2.24) is 4.90 Å². The summed E-state index contributed by atoms with van der Waals surface area (Å²) >= 11 is 7.71. The first kappa shape index (κ1) is 22.9. The molecule has 170 valence electrons. The number of aliphatic hydroxyl groups is 1. The summed E-state index contributed by atoms with van der Waals surface area (Å²) in [5.41, 5.74) is 1.91. The van der Waals surface area contributed by atoms with Gasteiger partial charge in [0.2, 0.25) is 0 Å². The smallest absolute Gasteiger partial charge is 0.295 e. The Balaban J connectivity index is 1.94. The number of nitrogens with zero attached hydrogens (tertiary/aromatic N) is 1. The molecule has 2 heterocycles. The monoisotopic (exact) mass is 483 g/mol. The number of halogens is 1. The molecule has 1 aliphatic heterocycles. The first-order valence-corrected chi connectivity index (χ1v) is 11.4. The standard InChI is InChI=1S/C25H22ClNO5S/c1-14-6-4-7-15(10-14)22-21(24(29)25(30)27(22)13-16-8-5-9-33-16)23(28)17-11-20(32-3)18(26)12-19(17)31-2/h4-12,22,28H,13H2,1-3H3/b23-21+. The Morgan fingerprint density at radius 2 is 1.85 bits per heavy atom. The van der Waals surface area contributed by atoms with E-state index >= 15 is 0 Å². The number of ether oxygens (including phenoxy) is 2. The quantitative estimate of drug-likeness (QED) is 0.290. The van der Waals surface area contributed by atoms with E-state index in [-0.39, 0.29) is 29.2 Å². The molecule has 1 saturated heterocycles. The van der Waals surface area contributed by atoms with Crippen LogP contribution < -0.4 is 9.47 Å². The molecule has 3 aromatic rings. The lowest BCUT2D eigenvalue weighted by Gasteiger charge is -2.25. The molecule has 6 nitrogen and oxygen atoms in total. The lowest BCUT2D eigenvalue weighted by molar-refractivity contribution is -0.140. The van der Waals surface area contributed by atoms with Crippen molar-refractivity contribution in [3.8, 4) is 11.5 Å². The summed E-state index contributed by atoms with van der Waals surface area (Å²) in [6.07, 6.45) is 0. The van der Waals surface area contributed by atoms with Gasteiger partial charge < -0.3 is 19.5 Å². The third-order valence-electron chi connectivity index (χ3n) is 5.53. The van der Waals surface area contributed by atoms with Crippen LogP contribution in [0.4, 0.5) is 0 Å². The zero-order valence-electron chi connectivity index (χ0n) is 18.3. The molecule has 0 bridgehead atoms. The number of likely N-dealkylation sites (tertiary alicyclic amines) is 1. The van der Waals surface area contributed by atoms with Gasteiger partial charge in [0.05, 0.1) is 43.0 Å². The minimum Gasteiger partial charge on any atom is -0.507 e. The van der Waals surface area contributed by atoms with Crippen LogP contribution in [0.3, 0.4) is 0 Å². The van der Waals surface area contributed by atoms with Crippen LogP contribution in [0.5, 0.6) is 11.5 Å². The molecule has 1 aromatic heterocycles. The summed E-state index contributed by atoms with van der Waals surface area (Å²) in [7, 11) is 2.88. The van der Waals surface area contributed by atoms with E-state index in [0.29, 0.717) is 10.8 Å². The second kappa shape index (κ2) is 9.29. The summed E-state index contributed by atoms with van der Waals surface area (Å²) in [4.78, 5) is 28.8. The van der Waals surface area contributed by atoms with Gasteiger partial charge in [-0.2, -0.15) is 0 Å². The van der Waals surface area contributed by atoms with E-state index in [1.54, 1.807) is 0 Å². The highest BCUT2D eigenvalue weighted by Gasteiger charge is 2.46. The Bertz CT molecular complexity index is 1250. The van der Waals surface area contributed by atoms with Crippen molar-refractivity contribution >= 4 is 40.4 Å². The molecule has 1 fully saturated rings. The average Bonchev–Trinajstić information content (AvgIpc) is 3.40. The van der Waals surface area contributed by atoms with Crippen LogP contribution in [0.1, 0.15) is 27.6 Å². The Morgan fingerprint density at radius 1 is 1.09 bits per heavy atom. The van der Waals surface area contributed by atoms with Gasteiger partial charge >= 0.3 is 0 Å². The molecular weight excluding hydrogens is 462 g/mol. The molecule has 1 atom stereocenters. The van der Waals surface area contributed by atoms with Gasteiger partial charge in [-0.1, -0.05) is 47.5 Å². The Labute approximate surface area is 200 Å². The van der Waals surface area contributed by atoms with Gasteiger partial charge in [-0.3, -0.25) is 9.59 Å². The number of methoxy groups -OCH3 is 2. The summed E-state index contributed by atoms with van der Waals surface area (Å²) in [5.74, 6) is -1.21. The molecule has 2 aromatic carbocycles. The normalized spacial score (nSPS) is 17.5. The second-order valence-corrected chi connectivity index (χ2v) is 9.05. The van der Waals surface area contributed by atoms with Gasteiger partial charge in [0, 0.05) is 10.9 Å². The second-order valence-electron chi connectivity index (χ2n) is 7.61. The van der Waals surface area contributed by atoms with E-state index in [1.165, 1.54) is 42.6 Å². The lowest BCUT2D eigenvalue weighted by Crippen LogP contribution is -2.28. The van der Waals surface area contributed by atoms with Crippen molar-refractivity contribution in [3.63, 3.8) is 0 Å². The van der Waals surface area contributed by atoms with Crippen molar-refractivity contribution in [2.75, 3.05) is 14.2 Å². The van der Waals surface area contributed by atoms with E-state index in [1.807, 2.05) is 48.7 Å². The van der Waals surface area contributed by atoms with Crippen molar-refractivity contribution < 1.29 is 24.2 Å². The van der Waals surface area contributed by atoms with Crippen molar-refractivity contribution in [3.05, 3.63) is 86.1 Å². The molecule has 0 saturated carbocycles. The van der Waals surface area contributed by atoms with Crippen molar-refractivity contribution in [2.45, 2.75) is 19.5 Å². The number of hydrogen-bond acceptors (Lipinski definition) is 6. The van der Waals surface area contributed by atoms with E-state index in [9.17, 15) is 14.7 Å². The Morgan fingerprint density at radius 3 is 2.48 bits per heavy atom. The maximum atomic E-state index is 13.2. The number of benzene rings is 2. The van der Waals surface area contributed by atoms with Crippen LogP contribution in [-0.4, -0.2) is 35.9 Å². The Kier molecular flexibility index (Phi) is 6.44. The van der Waals surface area contributed by atoms with Crippen LogP contribution in [0.2, 0.25) is 5.02 Å². The molecule has 33 heavy (non-hydrogen) atoms. The number of thiophene rings is 1. The summed E-state index contributed by atoms with van der Waals surface area (Å²) < 4.78 is 10.7. The van der Waals surface area contributed by atoms with Crippen molar-refractivity contribution in [2.24, 2.45) is 0 Å². The van der Waals surface area contributed by atoms with Gasteiger partial charge in [-0.25, -0.2) is 0 Å². The highest BCUT2D eigenvalue weighted by Crippen LogP contribution is 2.43. The number of ketones is 1. The van der Waals surface area contributed by atoms with E-state index in [4.69, 9.17) is 21.1 Å².